The molecule has 1 saturated carbocycles. The van der Waals surface area contributed by atoms with Crippen molar-refractivity contribution in [1.82, 2.24) is 10.6 Å². The maximum Gasteiger partial charge on any atom is 0.223 e. The summed E-state index contributed by atoms with van der Waals surface area (Å²) in [6, 6.07) is 0.387. The second-order valence-electron chi connectivity index (χ2n) is 4.84. The van der Waals surface area contributed by atoms with Crippen LogP contribution in [0.1, 0.15) is 26.7 Å². The topological polar surface area (TPSA) is 41.1 Å². The van der Waals surface area contributed by atoms with E-state index in [4.69, 9.17) is 0 Å². The third-order valence-corrected chi connectivity index (χ3v) is 3.63. The van der Waals surface area contributed by atoms with Gasteiger partial charge in [0, 0.05) is 12.0 Å². The summed E-state index contributed by atoms with van der Waals surface area (Å²) in [5, 5.41) is 6.33. The van der Waals surface area contributed by atoms with Gasteiger partial charge in [0.25, 0.3) is 0 Å². The van der Waals surface area contributed by atoms with Crippen molar-refractivity contribution in [3.05, 3.63) is 0 Å². The average Bonchev–Trinajstić information content (AvgIpc) is 2.82. The number of amides is 1. The average molecular weight is 196 g/mol. The van der Waals surface area contributed by atoms with Crippen molar-refractivity contribution in [2.45, 2.75) is 32.7 Å². The van der Waals surface area contributed by atoms with Crippen molar-refractivity contribution >= 4 is 5.91 Å². The molecule has 3 nitrogen and oxygen atoms in total. The summed E-state index contributed by atoms with van der Waals surface area (Å²) in [5.41, 5.74) is 0. The lowest BCUT2D eigenvalue weighted by Crippen LogP contribution is -2.50. The van der Waals surface area contributed by atoms with E-state index in [1.54, 1.807) is 0 Å². The standard InChI is InChI=1S/C11H20N2O/c1-7(10-5-12-6-10)11(14)13-8(2)9-3-4-9/h7-10,12H,3-6H2,1-2H3,(H,13,14). The SMILES string of the molecule is CC(NC(=O)C(C)C1CNC1)C1CC1. The third-order valence-electron chi connectivity index (χ3n) is 3.63. The second-order valence-corrected chi connectivity index (χ2v) is 4.84. The van der Waals surface area contributed by atoms with E-state index in [2.05, 4.69) is 17.6 Å². The lowest BCUT2D eigenvalue weighted by molar-refractivity contribution is -0.127. The van der Waals surface area contributed by atoms with E-state index < -0.39 is 0 Å². The van der Waals surface area contributed by atoms with Crippen LogP contribution >= 0.6 is 0 Å². The molecule has 80 valence electrons. The van der Waals surface area contributed by atoms with E-state index in [0.717, 1.165) is 19.0 Å². The summed E-state index contributed by atoms with van der Waals surface area (Å²) in [6.07, 6.45) is 2.58. The van der Waals surface area contributed by atoms with Crippen LogP contribution in [0.2, 0.25) is 0 Å². The molecule has 0 aromatic carbocycles. The summed E-state index contributed by atoms with van der Waals surface area (Å²) in [6.45, 7) is 6.18. The van der Waals surface area contributed by atoms with Crippen LogP contribution < -0.4 is 10.6 Å². The highest BCUT2D eigenvalue weighted by Crippen LogP contribution is 2.32. The molecular formula is C11H20N2O. The quantitative estimate of drug-likeness (QED) is 0.697. The molecule has 2 aliphatic rings. The molecule has 0 spiro atoms. The Morgan fingerprint density at radius 3 is 2.36 bits per heavy atom. The Labute approximate surface area is 85.6 Å². The molecule has 2 rings (SSSR count). The van der Waals surface area contributed by atoms with Gasteiger partial charge in [-0.15, -0.1) is 0 Å². The van der Waals surface area contributed by atoms with Gasteiger partial charge in [-0.25, -0.2) is 0 Å². The van der Waals surface area contributed by atoms with E-state index in [-0.39, 0.29) is 11.8 Å². The van der Waals surface area contributed by atoms with Crippen LogP contribution in [-0.4, -0.2) is 25.0 Å². The molecule has 1 heterocycles. The van der Waals surface area contributed by atoms with Gasteiger partial charge in [0.15, 0.2) is 0 Å². The van der Waals surface area contributed by atoms with Gasteiger partial charge in [0.1, 0.15) is 0 Å². The molecule has 1 aliphatic heterocycles. The highest BCUT2D eigenvalue weighted by Gasteiger charge is 2.33. The van der Waals surface area contributed by atoms with Crippen LogP contribution in [0.5, 0.6) is 0 Å². The molecule has 2 atom stereocenters. The fraction of sp³-hybridized carbons (Fsp3) is 0.909. The Bertz CT molecular complexity index is 221. The Kier molecular flexibility index (Phi) is 2.77. The number of hydrogen-bond acceptors (Lipinski definition) is 2. The van der Waals surface area contributed by atoms with E-state index in [1.165, 1.54) is 12.8 Å². The number of carbonyl (C=O) groups excluding carboxylic acids is 1. The minimum absolute atomic E-state index is 0.178. The number of rotatable bonds is 4. The fourth-order valence-corrected chi connectivity index (χ4v) is 1.95. The van der Waals surface area contributed by atoms with Crippen LogP contribution in [0.4, 0.5) is 0 Å². The van der Waals surface area contributed by atoms with Gasteiger partial charge in [0.05, 0.1) is 0 Å². The molecule has 1 amide bonds. The minimum atomic E-state index is 0.178. The molecule has 0 aromatic rings. The Balaban J connectivity index is 1.75. The monoisotopic (exact) mass is 196 g/mol. The Hall–Kier alpha value is -0.570. The Morgan fingerprint density at radius 2 is 1.93 bits per heavy atom. The van der Waals surface area contributed by atoms with Crippen LogP contribution in [-0.2, 0) is 4.79 Å². The zero-order valence-corrected chi connectivity index (χ0v) is 9.05. The number of hydrogen-bond donors (Lipinski definition) is 2. The molecular weight excluding hydrogens is 176 g/mol. The second kappa shape index (κ2) is 3.89. The van der Waals surface area contributed by atoms with Gasteiger partial charge in [-0.2, -0.15) is 0 Å². The van der Waals surface area contributed by atoms with E-state index in [9.17, 15) is 4.79 Å². The highest BCUT2D eigenvalue weighted by molar-refractivity contribution is 5.79. The summed E-state index contributed by atoms with van der Waals surface area (Å²) in [4.78, 5) is 11.8. The first kappa shape index (κ1) is 9.97. The first-order chi connectivity index (χ1) is 6.68. The smallest absolute Gasteiger partial charge is 0.223 e. The van der Waals surface area contributed by atoms with E-state index >= 15 is 0 Å². The first-order valence-electron chi connectivity index (χ1n) is 5.69. The van der Waals surface area contributed by atoms with Gasteiger partial charge in [-0.3, -0.25) is 4.79 Å². The van der Waals surface area contributed by atoms with Gasteiger partial charge in [-0.05, 0) is 44.7 Å². The largest absolute Gasteiger partial charge is 0.353 e. The fourth-order valence-electron chi connectivity index (χ4n) is 1.95. The number of carbonyl (C=O) groups is 1. The molecule has 2 unspecified atom stereocenters. The summed E-state index contributed by atoms with van der Waals surface area (Å²) in [5.74, 6) is 1.74. The third kappa shape index (κ3) is 2.08. The van der Waals surface area contributed by atoms with Gasteiger partial charge in [-0.1, -0.05) is 6.92 Å². The zero-order valence-electron chi connectivity index (χ0n) is 9.05. The predicted molar refractivity (Wildman–Crippen MR) is 55.9 cm³/mol. The lowest BCUT2D eigenvalue weighted by Gasteiger charge is -2.32. The predicted octanol–water partition coefficient (Wildman–Crippen LogP) is 0.757. The van der Waals surface area contributed by atoms with Gasteiger partial charge in [0.2, 0.25) is 5.91 Å². The van der Waals surface area contributed by atoms with Crippen molar-refractivity contribution in [1.29, 1.82) is 0 Å². The normalized spacial score (nSPS) is 26.4. The molecule has 2 fully saturated rings. The molecule has 1 aliphatic carbocycles. The molecule has 0 aromatic heterocycles. The first-order valence-corrected chi connectivity index (χ1v) is 5.69. The molecule has 14 heavy (non-hydrogen) atoms. The molecule has 2 N–H and O–H groups in total. The summed E-state index contributed by atoms with van der Waals surface area (Å²) >= 11 is 0. The van der Waals surface area contributed by atoms with Crippen molar-refractivity contribution in [2.24, 2.45) is 17.8 Å². The zero-order chi connectivity index (χ0) is 10.1. The van der Waals surface area contributed by atoms with Crippen molar-refractivity contribution in [3.8, 4) is 0 Å². The highest BCUT2D eigenvalue weighted by atomic mass is 16.1. The molecule has 0 bridgehead atoms. The molecule has 0 radical (unpaired) electrons. The van der Waals surface area contributed by atoms with Crippen LogP contribution in [0, 0.1) is 17.8 Å². The molecule has 3 heteroatoms. The van der Waals surface area contributed by atoms with Crippen molar-refractivity contribution in [3.63, 3.8) is 0 Å². The van der Waals surface area contributed by atoms with Gasteiger partial charge < -0.3 is 10.6 Å². The summed E-state index contributed by atoms with van der Waals surface area (Å²) in [7, 11) is 0. The van der Waals surface area contributed by atoms with Crippen molar-refractivity contribution in [2.75, 3.05) is 13.1 Å². The van der Waals surface area contributed by atoms with Crippen LogP contribution in [0.3, 0.4) is 0 Å². The van der Waals surface area contributed by atoms with Gasteiger partial charge >= 0.3 is 0 Å². The van der Waals surface area contributed by atoms with Crippen LogP contribution in [0.25, 0.3) is 0 Å². The maximum atomic E-state index is 11.8. The summed E-state index contributed by atoms with van der Waals surface area (Å²) < 4.78 is 0. The van der Waals surface area contributed by atoms with Crippen LogP contribution in [0.15, 0.2) is 0 Å². The maximum absolute atomic E-state index is 11.8. The van der Waals surface area contributed by atoms with Crippen molar-refractivity contribution < 1.29 is 4.79 Å². The minimum Gasteiger partial charge on any atom is -0.353 e. The van der Waals surface area contributed by atoms with E-state index in [0.29, 0.717) is 12.0 Å². The lowest BCUT2D eigenvalue weighted by atomic mass is 9.88. The van der Waals surface area contributed by atoms with E-state index in [1.807, 2.05) is 6.92 Å². The number of nitrogens with one attached hydrogen (secondary N) is 2. The molecule has 1 saturated heterocycles. The Morgan fingerprint density at radius 1 is 1.29 bits per heavy atom.